The zero-order valence-electron chi connectivity index (χ0n) is 12.6. The normalized spacial score (nSPS) is 9.71. The van der Waals surface area contributed by atoms with Crippen molar-refractivity contribution in [1.82, 2.24) is 4.90 Å². The van der Waals surface area contributed by atoms with E-state index in [4.69, 9.17) is 9.84 Å². The predicted molar refractivity (Wildman–Crippen MR) is 79.7 cm³/mol. The first-order valence-corrected chi connectivity index (χ1v) is 6.76. The zero-order valence-corrected chi connectivity index (χ0v) is 12.6. The van der Waals surface area contributed by atoms with Gasteiger partial charge >= 0.3 is 11.7 Å². The first-order chi connectivity index (χ1) is 9.96. The third-order valence-corrected chi connectivity index (χ3v) is 2.75. The van der Waals surface area contributed by atoms with Gasteiger partial charge in [-0.1, -0.05) is 32.9 Å². The van der Waals surface area contributed by atoms with Crippen molar-refractivity contribution in [2.75, 3.05) is 26.2 Å². The van der Waals surface area contributed by atoms with Crippen LogP contribution in [0.15, 0.2) is 24.3 Å². The second-order valence-corrected chi connectivity index (χ2v) is 4.03. The molecule has 0 aliphatic heterocycles. The van der Waals surface area contributed by atoms with E-state index in [-0.39, 0.29) is 11.4 Å². The Labute approximate surface area is 124 Å². The van der Waals surface area contributed by atoms with Crippen LogP contribution in [0.3, 0.4) is 0 Å². The largest absolute Gasteiger partial charge is 0.479 e. The van der Waals surface area contributed by atoms with Crippen LogP contribution in [0.4, 0.5) is 5.69 Å². The molecule has 0 aliphatic rings. The van der Waals surface area contributed by atoms with Crippen LogP contribution < -0.4 is 4.74 Å². The summed E-state index contributed by atoms with van der Waals surface area (Å²) in [6.07, 6.45) is 0. The van der Waals surface area contributed by atoms with Crippen molar-refractivity contribution in [3.05, 3.63) is 34.4 Å². The van der Waals surface area contributed by atoms with Gasteiger partial charge in [-0.05, 0) is 25.7 Å². The van der Waals surface area contributed by atoms with Crippen molar-refractivity contribution >= 4 is 11.7 Å². The molecule has 7 nitrogen and oxygen atoms in total. The second kappa shape index (κ2) is 10.6. The molecule has 0 bridgehead atoms. The molecule has 21 heavy (non-hydrogen) atoms. The molecule has 118 valence electrons. The molecule has 0 saturated heterocycles. The van der Waals surface area contributed by atoms with E-state index in [1.165, 1.54) is 43.9 Å². The molecule has 7 heteroatoms. The number of ether oxygens (including phenoxy) is 1. The van der Waals surface area contributed by atoms with E-state index in [9.17, 15) is 14.9 Å². The number of para-hydroxylation sites is 2. The summed E-state index contributed by atoms with van der Waals surface area (Å²) in [5.41, 5.74) is -0.242. The van der Waals surface area contributed by atoms with Gasteiger partial charge in [0.05, 0.1) is 4.92 Å². The maximum Gasteiger partial charge on any atom is 0.341 e. The van der Waals surface area contributed by atoms with Crippen LogP contribution in [0.2, 0.25) is 0 Å². The Bertz CT molecular complexity index is 441. The number of nitrogens with zero attached hydrogens (tertiary/aromatic N) is 2. The molecular weight excluding hydrogens is 276 g/mol. The summed E-state index contributed by atoms with van der Waals surface area (Å²) >= 11 is 0. The SMILES string of the molecule is CCN(CC)CC.O=C(O)COc1ccccc1[N+](=O)[O-]. The number of aliphatic carboxylic acids is 1. The summed E-state index contributed by atoms with van der Waals surface area (Å²) in [5.74, 6) is -1.22. The summed E-state index contributed by atoms with van der Waals surface area (Å²) < 4.78 is 4.72. The zero-order chi connectivity index (χ0) is 16.3. The molecule has 0 fully saturated rings. The number of nitro benzene ring substituents is 1. The van der Waals surface area contributed by atoms with Crippen molar-refractivity contribution in [2.45, 2.75) is 20.8 Å². The van der Waals surface area contributed by atoms with Crippen LogP contribution in [0.1, 0.15) is 20.8 Å². The number of rotatable bonds is 7. The van der Waals surface area contributed by atoms with Crippen LogP contribution in [-0.2, 0) is 4.79 Å². The van der Waals surface area contributed by atoms with Gasteiger partial charge in [-0.2, -0.15) is 0 Å². The molecule has 1 aromatic carbocycles. The monoisotopic (exact) mass is 298 g/mol. The van der Waals surface area contributed by atoms with Gasteiger partial charge in [0, 0.05) is 6.07 Å². The summed E-state index contributed by atoms with van der Waals surface area (Å²) in [4.78, 5) is 22.4. The highest BCUT2D eigenvalue weighted by atomic mass is 16.6. The van der Waals surface area contributed by atoms with Gasteiger partial charge in [-0.15, -0.1) is 0 Å². The van der Waals surface area contributed by atoms with E-state index in [0.717, 1.165) is 0 Å². The van der Waals surface area contributed by atoms with Crippen LogP contribution in [-0.4, -0.2) is 47.1 Å². The minimum absolute atomic E-state index is 0.0418. The van der Waals surface area contributed by atoms with E-state index in [1.54, 1.807) is 0 Å². The van der Waals surface area contributed by atoms with E-state index in [0.29, 0.717) is 0 Å². The fourth-order valence-corrected chi connectivity index (χ4v) is 1.54. The molecule has 1 N–H and O–H groups in total. The number of carboxylic acid groups (broad SMARTS) is 1. The summed E-state index contributed by atoms with van der Waals surface area (Å²) in [6.45, 7) is 9.53. The van der Waals surface area contributed by atoms with Crippen LogP contribution in [0, 0.1) is 10.1 Å². The standard InChI is InChI=1S/C8H7NO5.C6H15N/c10-8(11)5-14-7-4-2-1-3-6(7)9(12)13;1-4-7(5-2)6-3/h1-4H,5H2,(H,10,11);4-6H2,1-3H3. The Morgan fingerprint density at radius 2 is 1.76 bits per heavy atom. The van der Waals surface area contributed by atoms with Crippen molar-refractivity contribution in [2.24, 2.45) is 0 Å². The number of carbonyl (C=O) groups is 1. The fourth-order valence-electron chi connectivity index (χ4n) is 1.54. The summed E-state index contributed by atoms with van der Waals surface area (Å²) in [5, 5.41) is 18.8. The van der Waals surface area contributed by atoms with Gasteiger partial charge in [0.15, 0.2) is 12.4 Å². The highest BCUT2D eigenvalue weighted by Gasteiger charge is 2.14. The minimum Gasteiger partial charge on any atom is -0.479 e. The Morgan fingerprint density at radius 3 is 2.14 bits per heavy atom. The van der Waals surface area contributed by atoms with Crippen LogP contribution in [0.5, 0.6) is 5.75 Å². The third kappa shape index (κ3) is 7.88. The molecule has 0 unspecified atom stereocenters. The Balaban J connectivity index is 0.000000486. The molecule has 1 rings (SSSR count). The summed E-state index contributed by atoms with van der Waals surface area (Å²) in [6, 6.07) is 5.61. The number of hydrogen-bond donors (Lipinski definition) is 1. The highest BCUT2D eigenvalue weighted by Crippen LogP contribution is 2.25. The Hall–Kier alpha value is -2.15. The topological polar surface area (TPSA) is 92.9 Å². The van der Waals surface area contributed by atoms with E-state index < -0.39 is 17.5 Å². The summed E-state index contributed by atoms with van der Waals surface area (Å²) in [7, 11) is 0. The maximum absolute atomic E-state index is 10.4. The number of carboxylic acids is 1. The Kier molecular flexibility index (Phi) is 9.53. The lowest BCUT2D eigenvalue weighted by Crippen LogP contribution is -2.21. The molecule has 0 spiro atoms. The van der Waals surface area contributed by atoms with Gasteiger partial charge < -0.3 is 14.7 Å². The van der Waals surface area contributed by atoms with E-state index in [2.05, 4.69) is 25.7 Å². The lowest BCUT2D eigenvalue weighted by Gasteiger charge is -2.13. The molecule has 0 aromatic heterocycles. The molecule has 0 radical (unpaired) electrons. The molecule has 1 aromatic rings. The van der Waals surface area contributed by atoms with Crippen LogP contribution >= 0.6 is 0 Å². The lowest BCUT2D eigenvalue weighted by atomic mass is 10.3. The number of hydrogen-bond acceptors (Lipinski definition) is 5. The van der Waals surface area contributed by atoms with Crippen molar-refractivity contribution in [3.8, 4) is 5.75 Å². The highest BCUT2D eigenvalue weighted by molar-refractivity contribution is 5.68. The second-order valence-electron chi connectivity index (χ2n) is 4.03. The fraction of sp³-hybridized carbons (Fsp3) is 0.500. The van der Waals surface area contributed by atoms with Gasteiger partial charge in [-0.25, -0.2) is 4.79 Å². The van der Waals surface area contributed by atoms with Crippen LogP contribution in [0.25, 0.3) is 0 Å². The van der Waals surface area contributed by atoms with Gasteiger partial charge in [0.1, 0.15) is 0 Å². The first-order valence-electron chi connectivity index (χ1n) is 6.76. The van der Waals surface area contributed by atoms with Gasteiger partial charge in [0.25, 0.3) is 0 Å². The molecule has 0 heterocycles. The van der Waals surface area contributed by atoms with E-state index in [1.807, 2.05) is 0 Å². The molecule has 0 saturated carbocycles. The van der Waals surface area contributed by atoms with Crippen molar-refractivity contribution in [3.63, 3.8) is 0 Å². The number of nitro groups is 1. The van der Waals surface area contributed by atoms with Crippen molar-refractivity contribution < 1.29 is 19.6 Å². The molecule has 0 amide bonds. The minimum atomic E-state index is -1.18. The average Bonchev–Trinajstić information content (AvgIpc) is 2.48. The van der Waals surface area contributed by atoms with Gasteiger partial charge in [0.2, 0.25) is 0 Å². The number of benzene rings is 1. The van der Waals surface area contributed by atoms with Gasteiger partial charge in [-0.3, -0.25) is 10.1 Å². The maximum atomic E-state index is 10.4. The van der Waals surface area contributed by atoms with E-state index >= 15 is 0 Å². The predicted octanol–water partition coefficient (Wildman–Crippen LogP) is 2.41. The Morgan fingerprint density at radius 1 is 1.24 bits per heavy atom. The first kappa shape index (κ1) is 18.9. The third-order valence-electron chi connectivity index (χ3n) is 2.75. The quantitative estimate of drug-likeness (QED) is 0.613. The smallest absolute Gasteiger partial charge is 0.341 e. The molecular formula is C14H22N2O5. The lowest BCUT2D eigenvalue weighted by molar-refractivity contribution is -0.385. The molecule has 0 aliphatic carbocycles. The molecule has 0 atom stereocenters. The average molecular weight is 298 g/mol. The van der Waals surface area contributed by atoms with Crippen molar-refractivity contribution in [1.29, 1.82) is 0 Å².